The zero-order valence-corrected chi connectivity index (χ0v) is 23.5. The maximum Gasteiger partial charge on any atom is 0.266 e. The third kappa shape index (κ3) is 5.01. The number of hydrogen-bond donors (Lipinski definition) is 0. The van der Waals surface area contributed by atoms with Crippen LogP contribution < -0.4 is 9.47 Å². The fourth-order valence-electron chi connectivity index (χ4n) is 4.58. The van der Waals surface area contributed by atoms with E-state index in [0.717, 1.165) is 28.0 Å². The lowest BCUT2D eigenvalue weighted by molar-refractivity contribution is -0.122. The van der Waals surface area contributed by atoms with E-state index < -0.39 is 0 Å². The average Bonchev–Trinajstić information content (AvgIpc) is 3.68. The summed E-state index contributed by atoms with van der Waals surface area (Å²) in [6.07, 6.45) is 4.43. The van der Waals surface area contributed by atoms with E-state index in [1.165, 1.54) is 11.8 Å². The molecule has 0 N–H and O–H groups in total. The normalized spacial score (nSPS) is 14.4. The van der Waals surface area contributed by atoms with Crippen LogP contribution in [0.3, 0.4) is 0 Å². The van der Waals surface area contributed by atoms with Gasteiger partial charge in [-0.15, -0.1) is 0 Å². The molecule has 2 aromatic heterocycles. The van der Waals surface area contributed by atoms with Crippen molar-refractivity contribution in [2.45, 2.75) is 6.42 Å². The molecular formula is C31H25N3O4S2. The van der Waals surface area contributed by atoms with Gasteiger partial charge in [-0.2, -0.15) is 5.10 Å². The number of furan rings is 1. The molecule has 40 heavy (non-hydrogen) atoms. The highest BCUT2D eigenvalue weighted by Crippen LogP contribution is 2.38. The third-order valence-corrected chi connectivity index (χ3v) is 8.05. The van der Waals surface area contributed by atoms with E-state index in [4.69, 9.17) is 31.2 Å². The van der Waals surface area contributed by atoms with Gasteiger partial charge in [-0.25, -0.2) is 4.68 Å². The first-order valence-corrected chi connectivity index (χ1v) is 13.9. The van der Waals surface area contributed by atoms with E-state index in [2.05, 4.69) is 0 Å². The van der Waals surface area contributed by atoms with Crippen molar-refractivity contribution in [3.63, 3.8) is 0 Å². The highest BCUT2D eigenvalue weighted by atomic mass is 32.2. The van der Waals surface area contributed by atoms with Crippen molar-refractivity contribution in [2.75, 3.05) is 20.8 Å². The highest BCUT2D eigenvalue weighted by molar-refractivity contribution is 8.26. The van der Waals surface area contributed by atoms with Gasteiger partial charge in [-0.3, -0.25) is 9.69 Å². The molecule has 5 aromatic rings. The van der Waals surface area contributed by atoms with E-state index in [-0.39, 0.29) is 5.91 Å². The second-order valence-electron chi connectivity index (χ2n) is 9.13. The van der Waals surface area contributed by atoms with Crippen molar-refractivity contribution >= 4 is 51.3 Å². The van der Waals surface area contributed by atoms with Crippen molar-refractivity contribution in [3.8, 4) is 28.6 Å². The van der Waals surface area contributed by atoms with Crippen LogP contribution in [0.4, 0.5) is 0 Å². The molecule has 0 bridgehead atoms. The van der Waals surface area contributed by atoms with Crippen molar-refractivity contribution in [2.24, 2.45) is 0 Å². The predicted octanol–water partition coefficient (Wildman–Crippen LogP) is 6.75. The number of carbonyl (C=O) groups excluding carboxylic acids is 1. The summed E-state index contributed by atoms with van der Waals surface area (Å²) in [5.41, 5.74) is 4.00. The second kappa shape index (κ2) is 11.0. The van der Waals surface area contributed by atoms with Gasteiger partial charge >= 0.3 is 0 Å². The number of fused-ring (bicyclic) bond motifs is 1. The molecule has 0 radical (unpaired) electrons. The summed E-state index contributed by atoms with van der Waals surface area (Å²) in [4.78, 5) is 15.7. The van der Waals surface area contributed by atoms with E-state index in [1.807, 2.05) is 91.1 Å². The Morgan fingerprint density at radius 3 is 2.55 bits per heavy atom. The number of benzene rings is 3. The van der Waals surface area contributed by atoms with Gasteiger partial charge in [0.2, 0.25) is 0 Å². The van der Waals surface area contributed by atoms with Gasteiger partial charge in [0, 0.05) is 23.7 Å². The molecule has 3 aromatic carbocycles. The number of nitrogens with zero attached hydrogens (tertiary/aromatic N) is 3. The van der Waals surface area contributed by atoms with Gasteiger partial charge in [0.15, 0.2) is 17.1 Å². The van der Waals surface area contributed by atoms with Gasteiger partial charge in [-0.1, -0.05) is 66.4 Å². The molecule has 0 atom stereocenters. The summed E-state index contributed by atoms with van der Waals surface area (Å²) in [5, 5.41) is 5.76. The van der Waals surface area contributed by atoms with E-state index in [1.54, 1.807) is 23.8 Å². The van der Waals surface area contributed by atoms with Crippen molar-refractivity contribution in [3.05, 3.63) is 101 Å². The van der Waals surface area contributed by atoms with Crippen molar-refractivity contribution in [1.29, 1.82) is 0 Å². The molecule has 0 aliphatic carbocycles. The molecule has 9 heteroatoms. The number of thiocarbonyl (C=S) groups is 1. The Hall–Kier alpha value is -4.34. The largest absolute Gasteiger partial charge is 0.497 e. The number of aromatic nitrogens is 2. The molecule has 7 nitrogen and oxygen atoms in total. The van der Waals surface area contributed by atoms with Crippen molar-refractivity contribution < 1.29 is 18.7 Å². The van der Waals surface area contributed by atoms with Crippen LogP contribution in [-0.4, -0.2) is 45.7 Å². The van der Waals surface area contributed by atoms with Crippen LogP contribution in [-0.2, 0) is 11.2 Å². The molecule has 0 unspecified atom stereocenters. The maximum atomic E-state index is 13.5. The third-order valence-electron chi connectivity index (χ3n) is 6.67. The molecule has 1 amide bonds. The van der Waals surface area contributed by atoms with E-state index in [0.29, 0.717) is 45.0 Å². The Morgan fingerprint density at radius 1 is 1.00 bits per heavy atom. The molecule has 0 spiro atoms. The Balaban J connectivity index is 1.33. The van der Waals surface area contributed by atoms with Gasteiger partial charge in [0.25, 0.3) is 5.91 Å². The number of carbonyl (C=O) groups is 1. The zero-order valence-electron chi connectivity index (χ0n) is 21.9. The number of thioether (sulfide) groups is 1. The molecule has 3 heterocycles. The standard InChI is InChI=1S/C31H25N3O4S2/c1-36-24-13-11-20(12-14-24)15-16-33-30(35)27(40-31(33)39)18-22-19-34(23-8-4-3-5-9-23)32-28(22)26-17-21-7-6-10-25(37-2)29(21)38-26/h3-14,17-19H,15-16H2,1-2H3/b27-18-. The first-order valence-electron chi connectivity index (χ1n) is 12.6. The minimum atomic E-state index is -0.117. The first kappa shape index (κ1) is 25.9. The van der Waals surface area contributed by atoms with E-state index >= 15 is 0 Å². The topological polar surface area (TPSA) is 69.7 Å². The predicted molar refractivity (Wildman–Crippen MR) is 162 cm³/mol. The van der Waals surface area contributed by atoms with Gasteiger partial charge in [0.05, 0.1) is 24.8 Å². The minimum Gasteiger partial charge on any atom is -0.497 e. The molecule has 200 valence electrons. The van der Waals surface area contributed by atoms with Gasteiger partial charge in [0.1, 0.15) is 15.8 Å². The number of amides is 1. The molecule has 1 aliphatic rings. The monoisotopic (exact) mass is 567 g/mol. The minimum absolute atomic E-state index is 0.117. The van der Waals surface area contributed by atoms with E-state index in [9.17, 15) is 4.79 Å². The van der Waals surface area contributed by atoms with Crippen LogP contribution in [0, 0.1) is 0 Å². The number of ether oxygens (including phenoxy) is 2. The molecule has 6 rings (SSSR count). The molecule has 1 saturated heterocycles. The van der Waals surface area contributed by atoms with Crippen LogP contribution >= 0.6 is 24.0 Å². The number of methoxy groups -OCH3 is 2. The zero-order chi connectivity index (χ0) is 27.6. The summed E-state index contributed by atoms with van der Waals surface area (Å²) in [6, 6.07) is 25.3. The summed E-state index contributed by atoms with van der Waals surface area (Å²) in [6.45, 7) is 0.494. The quantitative estimate of drug-likeness (QED) is 0.152. The lowest BCUT2D eigenvalue weighted by atomic mass is 10.1. The highest BCUT2D eigenvalue weighted by Gasteiger charge is 2.32. The summed E-state index contributed by atoms with van der Waals surface area (Å²) >= 11 is 6.90. The van der Waals surface area contributed by atoms with Crippen LogP contribution in [0.25, 0.3) is 34.2 Å². The Morgan fingerprint density at radius 2 is 1.80 bits per heavy atom. The molecule has 0 saturated carbocycles. The second-order valence-corrected chi connectivity index (χ2v) is 10.8. The summed E-state index contributed by atoms with van der Waals surface area (Å²) in [5.74, 6) is 1.90. The lowest BCUT2D eigenvalue weighted by Crippen LogP contribution is -2.30. The first-order chi connectivity index (χ1) is 19.5. The molecule has 1 aliphatic heterocycles. The Labute approximate surface area is 241 Å². The van der Waals surface area contributed by atoms with Crippen molar-refractivity contribution in [1.82, 2.24) is 14.7 Å². The SMILES string of the molecule is COc1ccc(CCN2C(=O)/C(=C/c3cn(-c4ccccc4)nc3-c3cc4cccc(OC)c4o3)SC2=S)cc1. The maximum absolute atomic E-state index is 13.5. The summed E-state index contributed by atoms with van der Waals surface area (Å²) in [7, 11) is 3.25. The average molecular weight is 568 g/mol. The fourth-order valence-corrected chi connectivity index (χ4v) is 5.88. The van der Waals surface area contributed by atoms with Crippen LogP contribution in [0.2, 0.25) is 0 Å². The summed E-state index contributed by atoms with van der Waals surface area (Å²) < 4.78 is 19.3. The number of rotatable bonds is 8. The van der Waals surface area contributed by atoms with Crippen LogP contribution in [0.15, 0.2) is 94.4 Å². The smallest absolute Gasteiger partial charge is 0.266 e. The lowest BCUT2D eigenvalue weighted by Gasteiger charge is -2.14. The van der Waals surface area contributed by atoms with Crippen LogP contribution in [0.1, 0.15) is 11.1 Å². The Kier molecular flexibility index (Phi) is 7.15. The number of para-hydroxylation sites is 2. The number of hydrogen-bond acceptors (Lipinski definition) is 7. The van der Waals surface area contributed by atoms with Crippen LogP contribution in [0.5, 0.6) is 11.5 Å². The fraction of sp³-hybridized carbons (Fsp3) is 0.129. The van der Waals surface area contributed by atoms with Gasteiger partial charge in [-0.05, 0) is 54.5 Å². The Bertz CT molecular complexity index is 1740. The van der Waals surface area contributed by atoms with Gasteiger partial charge < -0.3 is 13.9 Å². The molecular weight excluding hydrogens is 542 g/mol. The molecule has 1 fully saturated rings.